The molecule has 0 bridgehead atoms. The Kier molecular flexibility index (Phi) is 7.66. The highest BCUT2D eigenvalue weighted by molar-refractivity contribution is 7.09. The minimum atomic E-state index is 0.0168. The molecule has 0 aliphatic rings. The van der Waals surface area contributed by atoms with Gasteiger partial charge in [-0.05, 0) is 24.1 Å². The van der Waals surface area contributed by atoms with Crippen LogP contribution in [0.25, 0.3) is 0 Å². The van der Waals surface area contributed by atoms with Gasteiger partial charge in [0.2, 0.25) is 11.0 Å². The fourth-order valence-electron chi connectivity index (χ4n) is 2.38. The maximum absolute atomic E-state index is 11.9. The second-order valence-corrected chi connectivity index (χ2v) is 6.66. The molecule has 1 amide bonds. The van der Waals surface area contributed by atoms with E-state index in [0.29, 0.717) is 13.0 Å². The molecule has 0 saturated heterocycles. The van der Waals surface area contributed by atoms with E-state index < -0.39 is 0 Å². The predicted molar refractivity (Wildman–Crippen MR) is 102 cm³/mol. The molecule has 0 aliphatic heterocycles. The highest BCUT2D eigenvalue weighted by Crippen LogP contribution is 2.19. The lowest BCUT2D eigenvalue weighted by Gasteiger charge is -2.14. The summed E-state index contributed by atoms with van der Waals surface area (Å²) in [5.41, 5.74) is 1.10. The van der Waals surface area contributed by atoms with Gasteiger partial charge in [0.15, 0.2) is 0 Å². The summed E-state index contributed by atoms with van der Waals surface area (Å²) in [6.07, 6.45) is 3.96. The number of ether oxygens (including phenoxy) is 1. The smallest absolute Gasteiger partial charge is 0.239 e. The van der Waals surface area contributed by atoms with Crippen molar-refractivity contribution in [2.75, 3.05) is 32.1 Å². The van der Waals surface area contributed by atoms with Gasteiger partial charge in [0.05, 0.1) is 13.7 Å². The van der Waals surface area contributed by atoms with Crippen molar-refractivity contribution in [1.29, 1.82) is 0 Å². The van der Waals surface area contributed by atoms with Crippen molar-refractivity contribution in [2.45, 2.75) is 32.6 Å². The lowest BCUT2D eigenvalue weighted by Crippen LogP contribution is -2.35. The van der Waals surface area contributed by atoms with Crippen LogP contribution in [0.5, 0.6) is 5.75 Å². The molecule has 0 radical (unpaired) electrons. The number of amides is 1. The van der Waals surface area contributed by atoms with Crippen molar-refractivity contribution in [1.82, 2.24) is 14.7 Å². The van der Waals surface area contributed by atoms with Crippen molar-refractivity contribution < 1.29 is 9.53 Å². The number of likely N-dealkylation sites (N-methyl/N-ethyl adjacent to an activating group) is 1. The van der Waals surface area contributed by atoms with Crippen LogP contribution >= 0.6 is 11.5 Å². The van der Waals surface area contributed by atoms with Gasteiger partial charge in [-0.25, -0.2) is 4.98 Å². The second kappa shape index (κ2) is 9.98. The molecular weight excluding hydrogens is 336 g/mol. The van der Waals surface area contributed by atoms with Gasteiger partial charge in [-0.3, -0.25) is 4.79 Å². The largest absolute Gasteiger partial charge is 0.497 e. The van der Waals surface area contributed by atoms with Gasteiger partial charge in [-0.1, -0.05) is 31.9 Å². The van der Waals surface area contributed by atoms with Crippen molar-refractivity contribution in [2.24, 2.45) is 0 Å². The van der Waals surface area contributed by atoms with Gasteiger partial charge >= 0.3 is 0 Å². The number of hydrogen-bond acceptors (Lipinski definition) is 6. The first-order valence-corrected chi connectivity index (χ1v) is 9.33. The number of methoxy groups -OCH3 is 1. The highest BCUT2D eigenvalue weighted by Gasteiger charge is 2.12. The van der Waals surface area contributed by atoms with Crippen LogP contribution in [0.4, 0.5) is 5.13 Å². The van der Waals surface area contributed by atoms with E-state index in [2.05, 4.69) is 21.6 Å². The summed E-state index contributed by atoms with van der Waals surface area (Å²) < 4.78 is 9.63. The Balaban J connectivity index is 1.85. The highest BCUT2D eigenvalue weighted by atomic mass is 32.1. The third-order valence-electron chi connectivity index (χ3n) is 3.76. The number of hydrogen-bond donors (Lipinski definition) is 1. The van der Waals surface area contributed by atoms with Crippen molar-refractivity contribution in [3.05, 3.63) is 35.7 Å². The average Bonchev–Trinajstić information content (AvgIpc) is 3.07. The SMILES string of the molecule is CCCCCNC(=O)CN(C)c1nc(Cc2cccc(OC)c2)ns1. The van der Waals surface area contributed by atoms with E-state index in [1.807, 2.05) is 36.2 Å². The number of anilines is 1. The second-order valence-electron chi connectivity index (χ2n) is 5.93. The molecule has 1 heterocycles. The molecule has 1 aromatic heterocycles. The normalized spacial score (nSPS) is 10.5. The summed E-state index contributed by atoms with van der Waals surface area (Å²) in [5.74, 6) is 1.59. The summed E-state index contributed by atoms with van der Waals surface area (Å²) in [6, 6.07) is 7.87. The van der Waals surface area contributed by atoms with Crippen LogP contribution in [-0.4, -0.2) is 42.5 Å². The van der Waals surface area contributed by atoms with Crippen LogP contribution in [0.15, 0.2) is 24.3 Å². The molecule has 0 aliphatic carbocycles. The lowest BCUT2D eigenvalue weighted by atomic mass is 10.1. The van der Waals surface area contributed by atoms with Crippen molar-refractivity contribution in [3.63, 3.8) is 0 Å². The minimum Gasteiger partial charge on any atom is -0.497 e. The Hall–Kier alpha value is -2.15. The summed E-state index contributed by atoms with van der Waals surface area (Å²) >= 11 is 1.31. The molecule has 0 fully saturated rings. The molecule has 1 N–H and O–H groups in total. The van der Waals surface area contributed by atoms with E-state index in [0.717, 1.165) is 48.1 Å². The Morgan fingerprint density at radius 2 is 2.20 bits per heavy atom. The van der Waals surface area contributed by atoms with E-state index in [-0.39, 0.29) is 5.91 Å². The third-order valence-corrected chi connectivity index (χ3v) is 4.63. The van der Waals surface area contributed by atoms with Crippen LogP contribution in [0.3, 0.4) is 0 Å². The van der Waals surface area contributed by atoms with Gasteiger partial charge in [-0.2, -0.15) is 4.37 Å². The molecule has 6 nitrogen and oxygen atoms in total. The van der Waals surface area contributed by atoms with Gasteiger partial charge in [-0.15, -0.1) is 0 Å². The quantitative estimate of drug-likeness (QED) is 0.658. The molecule has 0 spiro atoms. The fourth-order valence-corrected chi connectivity index (χ4v) is 3.02. The molecule has 2 rings (SSSR count). The average molecular weight is 362 g/mol. The minimum absolute atomic E-state index is 0.0168. The van der Waals surface area contributed by atoms with Crippen molar-refractivity contribution >= 4 is 22.6 Å². The number of nitrogens with one attached hydrogen (secondary N) is 1. The number of benzene rings is 1. The standard InChI is InChI=1S/C18H26N4O2S/c1-4-5-6-10-19-17(23)13-22(2)18-20-16(21-25-18)12-14-8-7-9-15(11-14)24-3/h7-9,11H,4-6,10,12-13H2,1-3H3,(H,19,23). The maximum Gasteiger partial charge on any atom is 0.239 e. The molecule has 0 unspecified atom stereocenters. The van der Waals surface area contributed by atoms with Crippen LogP contribution < -0.4 is 15.0 Å². The third kappa shape index (κ3) is 6.34. The van der Waals surface area contributed by atoms with E-state index in [1.54, 1.807) is 7.11 Å². The first-order chi connectivity index (χ1) is 12.1. The number of carbonyl (C=O) groups is 1. The van der Waals surface area contributed by atoms with Crippen LogP contribution in [0.1, 0.15) is 37.6 Å². The molecule has 7 heteroatoms. The molecule has 1 aromatic carbocycles. The number of aromatic nitrogens is 2. The molecule has 25 heavy (non-hydrogen) atoms. The molecule has 0 atom stereocenters. The van der Waals surface area contributed by atoms with Gasteiger partial charge in [0, 0.05) is 31.5 Å². The van der Waals surface area contributed by atoms with Crippen LogP contribution in [-0.2, 0) is 11.2 Å². The zero-order valence-corrected chi connectivity index (χ0v) is 15.9. The van der Waals surface area contributed by atoms with E-state index in [4.69, 9.17) is 4.74 Å². The molecule has 0 saturated carbocycles. The Bertz CT molecular complexity index is 675. The number of carbonyl (C=O) groups excluding carboxylic acids is 1. The number of nitrogens with zero attached hydrogens (tertiary/aromatic N) is 3. The topological polar surface area (TPSA) is 67.4 Å². The summed E-state index contributed by atoms with van der Waals surface area (Å²) in [7, 11) is 3.52. The maximum atomic E-state index is 11.9. The van der Waals surface area contributed by atoms with Crippen LogP contribution in [0.2, 0.25) is 0 Å². The lowest BCUT2D eigenvalue weighted by molar-refractivity contribution is -0.119. The summed E-state index contributed by atoms with van der Waals surface area (Å²) in [5, 5.41) is 3.69. The monoisotopic (exact) mass is 362 g/mol. The Labute approximate surface area is 153 Å². The zero-order valence-electron chi connectivity index (χ0n) is 15.1. The Morgan fingerprint density at radius 1 is 1.36 bits per heavy atom. The Morgan fingerprint density at radius 3 is 2.96 bits per heavy atom. The van der Waals surface area contributed by atoms with E-state index in [9.17, 15) is 4.79 Å². The fraction of sp³-hybridized carbons (Fsp3) is 0.500. The summed E-state index contributed by atoms with van der Waals surface area (Å²) in [4.78, 5) is 18.3. The van der Waals surface area contributed by atoms with Gasteiger partial charge in [0.25, 0.3) is 0 Å². The first-order valence-electron chi connectivity index (χ1n) is 8.55. The molecule has 2 aromatic rings. The molecular formula is C18H26N4O2S. The van der Waals surface area contributed by atoms with Gasteiger partial charge in [0.1, 0.15) is 11.6 Å². The van der Waals surface area contributed by atoms with Crippen LogP contribution in [0, 0.1) is 0 Å². The number of rotatable bonds is 10. The van der Waals surface area contributed by atoms with E-state index >= 15 is 0 Å². The van der Waals surface area contributed by atoms with Crippen molar-refractivity contribution in [3.8, 4) is 5.75 Å². The summed E-state index contributed by atoms with van der Waals surface area (Å²) in [6.45, 7) is 3.17. The first kappa shape index (κ1) is 19.2. The zero-order chi connectivity index (χ0) is 18.1. The predicted octanol–water partition coefficient (Wildman–Crippen LogP) is 2.88. The van der Waals surface area contributed by atoms with E-state index in [1.165, 1.54) is 11.5 Å². The molecule has 136 valence electrons. The number of unbranched alkanes of at least 4 members (excludes halogenated alkanes) is 2. The van der Waals surface area contributed by atoms with Gasteiger partial charge < -0.3 is 15.0 Å².